The molecule has 0 unspecified atom stereocenters. The van der Waals surface area contributed by atoms with Crippen molar-refractivity contribution in [2.75, 3.05) is 6.54 Å². The molecule has 0 atom stereocenters. The summed E-state index contributed by atoms with van der Waals surface area (Å²) in [7, 11) is 0. The molecule has 1 heterocycles. The average molecular weight is 502 g/mol. The first-order chi connectivity index (χ1) is 16.1. The number of nitro groups is 1. The van der Waals surface area contributed by atoms with Gasteiger partial charge in [0.15, 0.2) is 17.3 Å². The van der Waals surface area contributed by atoms with Crippen LogP contribution in [0.4, 0.5) is 5.69 Å². The summed E-state index contributed by atoms with van der Waals surface area (Å²) in [5.74, 6) is 0.0804. The molecule has 1 aromatic heterocycles. The van der Waals surface area contributed by atoms with Crippen LogP contribution in [0.15, 0.2) is 60.8 Å². The second-order valence-corrected chi connectivity index (χ2v) is 8.60. The van der Waals surface area contributed by atoms with Crippen LogP contribution in [0.1, 0.15) is 29.8 Å². The van der Waals surface area contributed by atoms with E-state index in [1.165, 1.54) is 48.7 Å². The zero-order valence-electron chi connectivity index (χ0n) is 18.3. The van der Waals surface area contributed by atoms with Crippen LogP contribution in [-0.4, -0.2) is 27.8 Å². The lowest BCUT2D eigenvalue weighted by molar-refractivity contribution is -0.384. The van der Waals surface area contributed by atoms with Gasteiger partial charge >= 0.3 is 0 Å². The molecule has 0 bridgehead atoms. The van der Waals surface area contributed by atoms with Crippen LogP contribution in [0.2, 0.25) is 10.0 Å². The van der Waals surface area contributed by atoms with Crippen molar-refractivity contribution in [3.8, 4) is 17.4 Å². The van der Waals surface area contributed by atoms with E-state index >= 15 is 0 Å². The van der Waals surface area contributed by atoms with Gasteiger partial charge in [-0.2, -0.15) is 0 Å². The third kappa shape index (κ3) is 6.32. The number of hydrogen-bond acceptors (Lipinski definition) is 7. The van der Waals surface area contributed by atoms with Crippen molar-refractivity contribution in [3.05, 3.63) is 92.1 Å². The number of pyridine rings is 1. The van der Waals surface area contributed by atoms with Gasteiger partial charge in [-0.05, 0) is 37.6 Å². The van der Waals surface area contributed by atoms with Crippen LogP contribution in [0.25, 0.3) is 6.08 Å². The number of non-ortho nitro benzene ring substituents is 1. The molecule has 0 radical (unpaired) electrons. The van der Waals surface area contributed by atoms with Gasteiger partial charge in [-0.25, -0.2) is 4.98 Å². The van der Waals surface area contributed by atoms with Crippen molar-refractivity contribution in [2.45, 2.75) is 19.4 Å². The Kier molecular flexibility index (Phi) is 7.88. The highest BCUT2D eigenvalue weighted by molar-refractivity contribution is 6.42. The number of benzene rings is 2. The van der Waals surface area contributed by atoms with Crippen molar-refractivity contribution >= 4 is 40.7 Å². The van der Waals surface area contributed by atoms with Crippen molar-refractivity contribution in [3.63, 3.8) is 0 Å². The van der Waals surface area contributed by atoms with E-state index in [0.29, 0.717) is 5.56 Å². The molecule has 3 aromatic rings. The highest BCUT2D eigenvalue weighted by Crippen LogP contribution is 2.40. The molecule has 0 saturated heterocycles. The number of ketones is 1. The number of halogens is 2. The normalized spacial score (nSPS) is 11.4. The third-order valence-electron chi connectivity index (χ3n) is 4.62. The Morgan fingerprint density at radius 2 is 1.85 bits per heavy atom. The maximum Gasteiger partial charge on any atom is 0.270 e. The Balaban J connectivity index is 1.92. The molecule has 0 spiro atoms. The first-order valence-corrected chi connectivity index (χ1v) is 10.8. The number of aromatic nitrogens is 1. The molecule has 8 nitrogen and oxygen atoms in total. The Morgan fingerprint density at radius 1 is 1.15 bits per heavy atom. The van der Waals surface area contributed by atoms with Crippen LogP contribution in [0, 0.1) is 10.1 Å². The highest BCUT2D eigenvalue weighted by atomic mass is 35.5. The van der Waals surface area contributed by atoms with E-state index < -0.39 is 16.3 Å². The number of ether oxygens (including phenoxy) is 2. The number of hydrogen-bond donors (Lipinski definition) is 1. The minimum Gasteiger partial charge on any atom is -0.483 e. The lowest BCUT2D eigenvalue weighted by Gasteiger charge is -2.26. The van der Waals surface area contributed by atoms with E-state index in [1.54, 1.807) is 32.0 Å². The minimum absolute atomic E-state index is 0.0185. The monoisotopic (exact) mass is 501 g/mol. The summed E-state index contributed by atoms with van der Waals surface area (Å²) < 4.78 is 11.9. The van der Waals surface area contributed by atoms with Gasteiger partial charge < -0.3 is 15.2 Å². The fourth-order valence-electron chi connectivity index (χ4n) is 2.78. The van der Waals surface area contributed by atoms with Gasteiger partial charge in [-0.15, -0.1) is 0 Å². The maximum atomic E-state index is 12.9. The number of allylic oxidation sites excluding steroid dienone is 1. The van der Waals surface area contributed by atoms with Gasteiger partial charge in [-0.3, -0.25) is 14.9 Å². The van der Waals surface area contributed by atoms with Gasteiger partial charge in [-0.1, -0.05) is 41.4 Å². The summed E-state index contributed by atoms with van der Waals surface area (Å²) in [4.78, 5) is 27.5. The Hall–Kier alpha value is -3.46. The van der Waals surface area contributed by atoms with Crippen molar-refractivity contribution in [1.29, 1.82) is 0 Å². The van der Waals surface area contributed by atoms with Gasteiger partial charge in [0.1, 0.15) is 5.60 Å². The fraction of sp³-hybridized carbons (Fsp3) is 0.167. The highest BCUT2D eigenvalue weighted by Gasteiger charge is 2.23. The van der Waals surface area contributed by atoms with Crippen LogP contribution in [0.5, 0.6) is 17.4 Å². The van der Waals surface area contributed by atoms with Crippen LogP contribution in [0.3, 0.4) is 0 Å². The van der Waals surface area contributed by atoms with Gasteiger partial charge in [0.2, 0.25) is 5.88 Å². The zero-order valence-corrected chi connectivity index (χ0v) is 19.8. The number of nitrogens with zero attached hydrogens (tertiary/aromatic N) is 2. The first kappa shape index (κ1) is 25.2. The molecule has 3 rings (SSSR count). The molecule has 0 aliphatic rings. The van der Waals surface area contributed by atoms with Crippen molar-refractivity contribution < 1.29 is 19.2 Å². The standard InChI is InChI=1S/C24H21Cl2N3O5/c1-24(2,14-27)34-22-13-19(26)18(25)12-21(22)33-23-17(7-4-10-28-23)20(30)9-8-15-5-3-6-16(11-15)29(31)32/h3-13H,14,27H2,1-2H3. The molecule has 0 fully saturated rings. The lowest BCUT2D eigenvalue weighted by atomic mass is 10.1. The molecular formula is C24H21Cl2N3O5. The predicted octanol–water partition coefficient (Wildman–Crippen LogP) is 6.10. The summed E-state index contributed by atoms with van der Waals surface area (Å²) in [5, 5.41) is 11.4. The SMILES string of the molecule is CC(C)(CN)Oc1cc(Cl)c(Cl)cc1Oc1ncccc1C(=O)C=Cc1cccc([N+](=O)[O-])c1. The molecule has 2 N–H and O–H groups in total. The molecule has 0 saturated carbocycles. The number of rotatable bonds is 9. The first-order valence-electron chi connectivity index (χ1n) is 10.1. The van der Waals surface area contributed by atoms with Crippen molar-refractivity contribution in [1.82, 2.24) is 4.98 Å². The molecule has 0 amide bonds. The Morgan fingerprint density at radius 3 is 2.53 bits per heavy atom. The summed E-state index contributed by atoms with van der Waals surface area (Å²) in [6.07, 6.45) is 4.23. The van der Waals surface area contributed by atoms with Crippen LogP contribution < -0.4 is 15.2 Å². The lowest BCUT2D eigenvalue weighted by Crippen LogP contribution is -2.37. The number of nitro benzene ring substituents is 1. The van der Waals surface area contributed by atoms with E-state index in [-0.39, 0.29) is 45.2 Å². The average Bonchev–Trinajstić information content (AvgIpc) is 2.81. The van der Waals surface area contributed by atoms with Gasteiger partial charge in [0, 0.05) is 37.0 Å². The fourth-order valence-corrected chi connectivity index (χ4v) is 3.08. The predicted molar refractivity (Wildman–Crippen MR) is 131 cm³/mol. The number of carbonyl (C=O) groups is 1. The van der Waals surface area contributed by atoms with E-state index in [0.717, 1.165) is 0 Å². The molecule has 2 aromatic carbocycles. The topological polar surface area (TPSA) is 118 Å². The van der Waals surface area contributed by atoms with E-state index in [9.17, 15) is 14.9 Å². The summed E-state index contributed by atoms with van der Waals surface area (Å²) in [5.41, 5.74) is 5.63. The smallest absolute Gasteiger partial charge is 0.270 e. The quantitative estimate of drug-likeness (QED) is 0.163. The van der Waals surface area contributed by atoms with Crippen LogP contribution in [-0.2, 0) is 0 Å². The minimum atomic E-state index is -0.723. The summed E-state index contributed by atoms with van der Waals surface area (Å²) in [6.45, 7) is 3.82. The third-order valence-corrected chi connectivity index (χ3v) is 5.34. The number of nitrogens with two attached hydrogens (primary N) is 1. The summed E-state index contributed by atoms with van der Waals surface area (Å²) in [6, 6.07) is 12.0. The molecule has 0 aliphatic carbocycles. The second-order valence-electron chi connectivity index (χ2n) is 7.79. The molecular weight excluding hydrogens is 481 g/mol. The maximum absolute atomic E-state index is 12.9. The van der Waals surface area contributed by atoms with Gasteiger partial charge in [0.25, 0.3) is 5.69 Å². The molecule has 10 heteroatoms. The van der Waals surface area contributed by atoms with Crippen molar-refractivity contribution in [2.24, 2.45) is 5.73 Å². The molecule has 176 valence electrons. The van der Waals surface area contributed by atoms with E-state index in [1.807, 2.05) is 0 Å². The molecule has 34 heavy (non-hydrogen) atoms. The van der Waals surface area contributed by atoms with Gasteiger partial charge in [0.05, 0.1) is 20.5 Å². The number of carbonyl (C=O) groups excluding carboxylic acids is 1. The van der Waals surface area contributed by atoms with E-state index in [4.69, 9.17) is 38.4 Å². The van der Waals surface area contributed by atoms with Crippen LogP contribution >= 0.6 is 23.2 Å². The Bertz CT molecular complexity index is 1260. The zero-order chi connectivity index (χ0) is 24.9. The van der Waals surface area contributed by atoms with E-state index in [2.05, 4.69) is 4.98 Å². The Labute approximate surface area is 206 Å². The largest absolute Gasteiger partial charge is 0.483 e. The molecule has 0 aliphatic heterocycles. The second kappa shape index (κ2) is 10.6. The summed E-state index contributed by atoms with van der Waals surface area (Å²) >= 11 is 12.3.